The van der Waals surface area contributed by atoms with Gasteiger partial charge < -0.3 is 25.3 Å². The van der Waals surface area contributed by atoms with Gasteiger partial charge in [-0.25, -0.2) is 0 Å². The number of alkyl halides is 3. The van der Waals surface area contributed by atoms with Crippen molar-refractivity contribution >= 4 is 22.8 Å². The lowest BCUT2D eigenvalue weighted by Gasteiger charge is -2.09. The van der Waals surface area contributed by atoms with E-state index < -0.39 is 36.5 Å². The number of aliphatic carboxylic acids is 1. The molecule has 0 aliphatic heterocycles. The number of nitrogens with one attached hydrogen (secondary N) is 2. The molecule has 4 N–H and O–H groups in total. The van der Waals surface area contributed by atoms with E-state index in [1.165, 1.54) is 18.2 Å². The van der Waals surface area contributed by atoms with Crippen LogP contribution >= 0.6 is 0 Å². The lowest BCUT2D eigenvalue weighted by molar-refractivity contribution is -0.274. The second-order valence-electron chi connectivity index (χ2n) is 4.91. The van der Waals surface area contributed by atoms with Crippen LogP contribution in [0, 0.1) is 0 Å². The van der Waals surface area contributed by atoms with Crippen LogP contribution in [0.3, 0.4) is 0 Å². The van der Waals surface area contributed by atoms with Crippen molar-refractivity contribution in [2.24, 2.45) is 0 Å². The van der Waals surface area contributed by atoms with Crippen molar-refractivity contribution in [3.63, 3.8) is 0 Å². The SMILES string of the molecule is O=C(O)CC(O)CNC(=O)c1cc2c(OC(F)(F)F)cccc2[nH]1. The Balaban J connectivity index is 2.14. The fourth-order valence-electron chi connectivity index (χ4n) is 2.04. The summed E-state index contributed by atoms with van der Waals surface area (Å²) in [5.74, 6) is -2.38. The number of carbonyl (C=O) groups is 2. The smallest absolute Gasteiger partial charge is 0.481 e. The number of aromatic nitrogens is 1. The van der Waals surface area contributed by atoms with Crippen LogP contribution in [0.2, 0.25) is 0 Å². The Labute approximate surface area is 133 Å². The Morgan fingerprint density at radius 3 is 2.67 bits per heavy atom. The normalized spacial score (nSPS) is 12.8. The fraction of sp³-hybridized carbons (Fsp3) is 0.286. The number of fused-ring (bicyclic) bond motifs is 1. The van der Waals surface area contributed by atoms with Gasteiger partial charge in [0.1, 0.15) is 11.4 Å². The van der Waals surface area contributed by atoms with Crippen molar-refractivity contribution in [1.29, 1.82) is 0 Å². The lowest BCUT2D eigenvalue weighted by atomic mass is 10.2. The van der Waals surface area contributed by atoms with Gasteiger partial charge in [0.25, 0.3) is 5.91 Å². The summed E-state index contributed by atoms with van der Waals surface area (Å²) >= 11 is 0. The third kappa shape index (κ3) is 4.62. The summed E-state index contributed by atoms with van der Waals surface area (Å²) in [6.45, 7) is -0.313. The average molecular weight is 346 g/mol. The Kier molecular flexibility index (Phi) is 4.98. The summed E-state index contributed by atoms with van der Waals surface area (Å²) in [4.78, 5) is 25.0. The number of amides is 1. The standard InChI is InChI=1S/C14H13F3N2O5/c15-14(16,17)24-11-3-1-2-9-8(11)5-10(19-9)13(23)18-6-7(20)4-12(21)22/h1-3,5,7,19-20H,4,6H2,(H,18,23)(H,21,22). The van der Waals surface area contributed by atoms with Gasteiger partial charge >= 0.3 is 12.3 Å². The van der Waals surface area contributed by atoms with Gasteiger partial charge in [-0.15, -0.1) is 13.2 Å². The van der Waals surface area contributed by atoms with Crippen LogP contribution < -0.4 is 10.1 Å². The Morgan fingerprint density at radius 2 is 2.04 bits per heavy atom. The van der Waals surface area contributed by atoms with E-state index in [1.54, 1.807) is 0 Å². The van der Waals surface area contributed by atoms with E-state index in [9.17, 15) is 27.9 Å². The van der Waals surface area contributed by atoms with Gasteiger partial charge in [0, 0.05) is 17.4 Å². The van der Waals surface area contributed by atoms with Gasteiger partial charge in [-0.2, -0.15) is 0 Å². The second-order valence-corrected chi connectivity index (χ2v) is 4.91. The van der Waals surface area contributed by atoms with E-state index in [2.05, 4.69) is 15.0 Å². The number of aromatic amines is 1. The molecule has 1 atom stereocenters. The molecule has 24 heavy (non-hydrogen) atoms. The molecule has 130 valence electrons. The third-order valence-corrected chi connectivity index (χ3v) is 3.00. The molecular weight excluding hydrogens is 333 g/mol. The van der Waals surface area contributed by atoms with Crippen LogP contribution in [-0.4, -0.2) is 46.1 Å². The Morgan fingerprint density at radius 1 is 1.33 bits per heavy atom. The molecule has 2 aromatic rings. The Bertz CT molecular complexity index is 756. The second kappa shape index (κ2) is 6.79. The number of carboxylic acids is 1. The van der Waals surface area contributed by atoms with E-state index in [4.69, 9.17) is 5.11 Å². The highest BCUT2D eigenvalue weighted by molar-refractivity contribution is 5.99. The summed E-state index contributed by atoms with van der Waals surface area (Å²) < 4.78 is 41.0. The quantitative estimate of drug-likeness (QED) is 0.635. The molecule has 1 aromatic heterocycles. The van der Waals surface area contributed by atoms with Gasteiger partial charge in [0.2, 0.25) is 0 Å². The van der Waals surface area contributed by atoms with Gasteiger partial charge in [-0.3, -0.25) is 9.59 Å². The lowest BCUT2D eigenvalue weighted by Crippen LogP contribution is -2.33. The summed E-state index contributed by atoms with van der Waals surface area (Å²) in [5.41, 5.74) is 0.207. The Hall–Kier alpha value is -2.75. The van der Waals surface area contributed by atoms with Gasteiger partial charge in [-0.05, 0) is 18.2 Å². The van der Waals surface area contributed by atoms with E-state index in [1.807, 2.05) is 0 Å². The largest absolute Gasteiger partial charge is 0.573 e. The number of benzene rings is 1. The molecule has 0 aliphatic carbocycles. The minimum atomic E-state index is -4.87. The molecule has 1 amide bonds. The first-order chi connectivity index (χ1) is 11.2. The number of halogens is 3. The molecule has 1 unspecified atom stereocenters. The highest BCUT2D eigenvalue weighted by Crippen LogP contribution is 2.31. The van der Waals surface area contributed by atoms with Crippen molar-refractivity contribution in [1.82, 2.24) is 10.3 Å². The highest BCUT2D eigenvalue weighted by Gasteiger charge is 2.32. The summed E-state index contributed by atoms with van der Waals surface area (Å²) in [6, 6.07) is 5.09. The predicted molar refractivity (Wildman–Crippen MR) is 75.6 cm³/mol. The van der Waals surface area contributed by atoms with Crippen molar-refractivity contribution < 1.29 is 37.7 Å². The minimum Gasteiger partial charge on any atom is -0.481 e. The fourth-order valence-corrected chi connectivity index (χ4v) is 2.04. The predicted octanol–water partition coefficient (Wildman–Crippen LogP) is 1.63. The third-order valence-electron chi connectivity index (χ3n) is 3.00. The zero-order chi connectivity index (χ0) is 17.9. The van der Waals surface area contributed by atoms with Crippen LogP contribution in [0.25, 0.3) is 10.9 Å². The molecule has 0 saturated heterocycles. The van der Waals surface area contributed by atoms with E-state index in [0.717, 1.165) is 6.07 Å². The highest BCUT2D eigenvalue weighted by atomic mass is 19.4. The van der Waals surface area contributed by atoms with Crippen LogP contribution in [-0.2, 0) is 4.79 Å². The summed E-state index contributed by atoms with van der Waals surface area (Å²) in [7, 11) is 0. The molecule has 2 rings (SSSR count). The molecule has 0 fully saturated rings. The zero-order valence-corrected chi connectivity index (χ0v) is 12.1. The topological polar surface area (TPSA) is 112 Å². The number of aliphatic hydroxyl groups excluding tert-OH is 1. The molecule has 1 aromatic carbocycles. The number of hydrogen-bond donors (Lipinski definition) is 4. The zero-order valence-electron chi connectivity index (χ0n) is 12.1. The molecule has 10 heteroatoms. The first-order valence-electron chi connectivity index (χ1n) is 6.71. The number of H-pyrrole nitrogens is 1. The van der Waals surface area contributed by atoms with Crippen molar-refractivity contribution in [3.05, 3.63) is 30.0 Å². The molecular formula is C14H13F3N2O5. The van der Waals surface area contributed by atoms with E-state index in [-0.39, 0.29) is 23.1 Å². The molecule has 0 radical (unpaired) electrons. The summed E-state index contributed by atoms with van der Waals surface area (Å²) in [6.07, 6.45) is -6.69. The van der Waals surface area contributed by atoms with Crippen LogP contribution in [0.5, 0.6) is 5.75 Å². The molecule has 1 heterocycles. The first kappa shape index (κ1) is 17.6. The van der Waals surface area contributed by atoms with Crippen molar-refractivity contribution in [2.75, 3.05) is 6.54 Å². The molecule has 0 aliphatic rings. The van der Waals surface area contributed by atoms with Crippen LogP contribution in [0.15, 0.2) is 24.3 Å². The molecule has 0 spiro atoms. The number of aliphatic hydroxyl groups is 1. The van der Waals surface area contributed by atoms with Crippen LogP contribution in [0.1, 0.15) is 16.9 Å². The number of ether oxygens (including phenoxy) is 1. The van der Waals surface area contributed by atoms with Gasteiger partial charge in [0.15, 0.2) is 0 Å². The monoisotopic (exact) mass is 346 g/mol. The summed E-state index contributed by atoms with van der Waals surface area (Å²) in [5, 5.41) is 20.2. The number of rotatable bonds is 6. The average Bonchev–Trinajstić information content (AvgIpc) is 2.87. The maximum Gasteiger partial charge on any atom is 0.573 e. The van der Waals surface area contributed by atoms with Crippen LogP contribution in [0.4, 0.5) is 13.2 Å². The maximum atomic E-state index is 12.4. The first-order valence-corrected chi connectivity index (χ1v) is 6.71. The molecule has 7 nitrogen and oxygen atoms in total. The van der Waals surface area contributed by atoms with Crippen molar-refractivity contribution in [3.8, 4) is 5.75 Å². The number of carboxylic acid groups (broad SMARTS) is 1. The van der Waals surface area contributed by atoms with Gasteiger partial charge in [-0.1, -0.05) is 6.07 Å². The number of hydrogen-bond acceptors (Lipinski definition) is 4. The molecule has 0 bridgehead atoms. The maximum absolute atomic E-state index is 12.4. The van der Waals surface area contributed by atoms with E-state index in [0.29, 0.717) is 0 Å². The number of carbonyl (C=O) groups excluding carboxylic acids is 1. The van der Waals surface area contributed by atoms with E-state index >= 15 is 0 Å². The van der Waals surface area contributed by atoms with Crippen molar-refractivity contribution in [2.45, 2.75) is 18.9 Å². The van der Waals surface area contributed by atoms with Gasteiger partial charge in [0.05, 0.1) is 12.5 Å². The molecule has 0 saturated carbocycles. The minimum absolute atomic E-state index is 0.0502.